The Balaban J connectivity index is 2.04. The maximum absolute atomic E-state index is 5.51. The zero-order chi connectivity index (χ0) is 15.7. The topological polar surface area (TPSA) is 27.1 Å². The SMILES string of the molecule is CSc1ccc2c(c1)nc(C(C)(C)C)n2CC1CCOCC1. The zero-order valence-electron chi connectivity index (χ0n) is 14.1. The van der Waals surface area contributed by atoms with E-state index in [1.807, 2.05) is 0 Å². The maximum atomic E-state index is 5.51. The summed E-state index contributed by atoms with van der Waals surface area (Å²) in [5, 5.41) is 0. The minimum absolute atomic E-state index is 0.0592. The second kappa shape index (κ2) is 6.25. The summed E-state index contributed by atoms with van der Waals surface area (Å²) in [6.07, 6.45) is 4.43. The van der Waals surface area contributed by atoms with Crippen molar-refractivity contribution in [3.05, 3.63) is 24.0 Å². The number of aromatic nitrogens is 2. The van der Waals surface area contributed by atoms with Crippen LogP contribution in [0.4, 0.5) is 0 Å². The van der Waals surface area contributed by atoms with E-state index >= 15 is 0 Å². The number of thioether (sulfide) groups is 1. The Morgan fingerprint density at radius 2 is 2.00 bits per heavy atom. The fourth-order valence-corrected chi connectivity index (χ4v) is 3.61. The highest BCUT2D eigenvalue weighted by Crippen LogP contribution is 2.30. The highest BCUT2D eigenvalue weighted by molar-refractivity contribution is 7.98. The molecule has 0 radical (unpaired) electrons. The van der Waals surface area contributed by atoms with Crippen LogP contribution < -0.4 is 0 Å². The van der Waals surface area contributed by atoms with Gasteiger partial charge in [-0.25, -0.2) is 4.98 Å². The van der Waals surface area contributed by atoms with Crippen LogP contribution in [-0.2, 0) is 16.7 Å². The van der Waals surface area contributed by atoms with Crippen LogP contribution in [-0.4, -0.2) is 29.0 Å². The van der Waals surface area contributed by atoms with Crippen LogP contribution in [0.3, 0.4) is 0 Å². The zero-order valence-corrected chi connectivity index (χ0v) is 14.9. The van der Waals surface area contributed by atoms with Crippen molar-refractivity contribution < 1.29 is 4.74 Å². The molecule has 0 atom stereocenters. The summed E-state index contributed by atoms with van der Waals surface area (Å²) in [4.78, 5) is 6.26. The molecule has 4 heteroatoms. The van der Waals surface area contributed by atoms with Crippen LogP contribution >= 0.6 is 11.8 Å². The molecule has 1 fully saturated rings. The summed E-state index contributed by atoms with van der Waals surface area (Å²) in [5.74, 6) is 1.90. The van der Waals surface area contributed by atoms with E-state index in [0.717, 1.165) is 38.1 Å². The van der Waals surface area contributed by atoms with Crippen LogP contribution in [0.1, 0.15) is 39.4 Å². The predicted octanol–water partition coefficient (Wildman–Crippen LogP) is 4.48. The molecular formula is C18H26N2OS. The molecule has 1 aliphatic heterocycles. The van der Waals surface area contributed by atoms with Gasteiger partial charge in [0.15, 0.2) is 0 Å². The second-order valence-corrected chi connectivity index (χ2v) is 8.09. The van der Waals surface area contributed by atoms with Crippen LogP contribution in [0, 0.1) is 5.92 Å². The Hall–Kier alpha value is -1.00. The van der Waals surface area contributed by atoms with Gasteiger partial charge in [0.05, 0.1) is 11.0 Å². The van der Waals surface area contributed by atoms with Gasteiger partial charge in [-0.2, -0.15) is 0 Å². The molecule has 3 rings (SSSR count). The number of fused-ring (bicyclic) bond motifs is 1. The molecule has 0 aliphatic carbocycles. The van der Waals surface area contributed by atoms with Crippen molar-refractivity contribution in [1.29, 1.82) is 0 Å². The van der Waals surface area contributed by atoms with Crippen molar-refractivity contribution in [2.24, 2.45) is 5.92 Å². The molecule has 1 aromatic heterocycles. The van der Waals surface area contributed by atoms with Crippen LogP contribution in [0.2, 0.25) is 0 Å². The molecule has 0 saturated carbocycles. The maximum Gasteiger partial charge on any atom is 0.115 e. The van der Waals surface area contributed by atoms with E-state index in [1.54, 1.807) is 11.8 Å². The fraction of sp³-hybridized carbons (Fsp3) is 0.611. The number of benzene rings is 1. The quantitative estimate of drug-likeness (QED) is 0.781. The van der Waals surface area contributed by atoms with E-state index in [2.05, 4.69) is 49.8 Å². The number of rotatable bonds is 3. The molecule has 120 valence electrons. The van der Waals surface area contributed by atoms with Crippen LogP contribution in [0.15, 0.2) is 23.1 Å². The highest BCUT2D eigenvalue weighted by atomic mass is 32.2. The van der Waals surface area contributed by atoms with Gasteiger partial charge in [-0.05, 0) is 43.2 Å². The molecule has 0 amide bonds. The lowest BCUT2D eigenvalue weighted by Gasteiger charge is -2.26. The van der Waals surface area contributed by atoms with E-state index < -0.39 is 0 Å². The van der Waals surface area contributed by atoms with E-state index in [1.165, 1.54) is 16.2 Å². The molecule has 0 N–H and O–H groups in total. The molecule has 1 saturated heterocycles. The normalized spacial score (nSPS) is 17.3. The van der Waals surface area contributed by atoms with Gasteiger partial charge in [0.2, 0.25) is 0 Å². The smallest absolute Gasteiger partial charge is 0.115 e. The summed E-state index contributed by atoms with van der Waals surface area (Å²) >= 11 is 1.78. The third-order valence-electron chi connectivity index (χ3n) is 4.41. The Morgan fingerprint density at radius 1 is 1.27 bits per heavy atom. The van der Waals surface area contributed by atoms with Gasteiger partial charge in [0.25, 0.3) is 0 Å². The number of imidazole rings is 1. The Labute approximate surface area is 137 Å². The van der Waals surface area contributed by atoms with Crippen molar-refractivity contribution in [2.45, 2.75) is 50.5 Å². The first-order chi connectivity index (χ1) is 10.5. The summed E-state index contributed by atoms with van der Waals surface area (Å²) in [5.41, 5.74) is 2.46. The summed E-state index contributed by atoms with van der Waals surface area (Å²) in [7, 11) is 0. The largest absolute Gasteiger partial charge is 0.381 e. The minimum Gasteiger partial charge on any atom is -0.381 e. The predicted molar refractivity (Wildman–Crippen MR) is 93.8 cm³/mol. The average molecular weight is 318 g/mol. The van der Waals surface area contributed by atoms with Gasteiger partial charge in [0.1, 0.15) is 5.82 Å². The van der Waals surface area contributed by atoms with Gasteiger partial charge in [-0.1, -0.05) is 20.8 Å². The fourth-order valence-electron chi connectivity index (χ4n) is 3.18. The Bertz CT molecular complexity index is 651. The van der Waals surface area contributed by atoms with Crippen molar-refractivity contribution >= 4 is 22.8 Å². The number of hydrogen-bond acceptors (Lipinski definition) is 3. The molecule has 0 bridgehead atoms. The third kappa shape index (κ3) is 3.18. The standard InChI is InChI=1S/C18H26N2OS/c1-18(2,3)17-19-15-11-14(22-4)5-6-16(15)20(17)12-13-7-9-21-10-8-13/h5-6,11,13H,7-10,12H2,1-4H3. The van der Waals surface area contributed by atoms with Gasteiger partial charge in [-0.3, -0.25) is 0 Å². The first kappa shape index (κ1) is 15.9. The molecule has 0 spiro atoms. The van der Waals surface area contributed by atoms with Gasteiger partial charge >= 0.3 is 0 Å². The summed E-state index contributed by atoms with van der Waals surface area (Å²) in [6, 6.07) is 6.67. The molecule has 22 heavy (non-hydrogen) atoms. The summed E-state index contributed by atoms with van der Waals surface area (Å²) < 4.78 is 7.96. The molecule has 2 aromatic rings. The van der Waals surface area contributed by atoms with Gasteiger partial charge in [0, 0.05) is 30.1 Å². The lowest BCUT2D eigenvalue weighted by atomic mass is 9.94. The van der Waals surface area contributed by atoms with Crippen molar-refractivity contribution in [3.63, 3.8) is 0 Å². The molecule has 1 aromatic carbocycles. The molecule has 1 aliphatic rings. The molecule has 2 heterocycles. The van der Waals surface area contributed by atoms with E-state index in [4.69, 9.17) is 9.72 Å². The van der Waals surface area contributed by atoms with E-state index in [0.29, 0.717) is 5.92 Å². The van der Waals surface area contributed by atoms with Crippen molar-refractivity contribution in [2.75, 3.05) is 19.5 Å². The second-order valence-electron chi connectivity index (χ2n) is 7.21. The van der Waals surface area contributed by atoms with Crippen LogP contribution in [0.5, 0.6) is 0 Å². The highest BCUT2D eigenvalue weighted by Gasteiger charge is 2.25. The van der Waals surface area contributed by atoms with E-state index in [-0.39, 0.29) is 5.41 Å². The van der Waals surface area contributed by atoms with Crippen LogP contribution in [0.25, 0.3) is 11.0 Å². The number of nitrogens with zero attached hydrogens (tertiary/aromatic N) is 2. The van der Waals surface area contributed by atoms with Crippen molar-refractivity contribution in [1.82, 2.24) is 9.55 Å². The molecular weight excluding hydrogens is 292 g/mol. The first-order valence-corrected chi connectivity index (χ1v) is 9.34. The lowest BCUT2D eigenvalue weighted by molar-refractivity contribution is 0.0611. The number of ether oxygens (including phenoxy) is 1. The van der Waals surface area contributed by atoms with E-state index in [9.17, 15) is 0 Å². The monoisotopic (exact) mass is 318 g/mol. The van der Waals surface area contributed by atoms with Gasteiger partial charge < -0.3 is 9.30 Å². The average Bonchev–Trinajstić information content (AvgIpc) is 2.86. The van der Waals surface area contributed by atoms with Crippen molar-refractivity contribution in [3.8, 4) is 0 Å². The lowest BCUT2D eigenvalue weighted by Crippen LogP contribution is -2.25. The molecule has 3 nitrogen and oxygen atoms in total. The minimum atomic E-state index is 0.0592. The Kier molecular flexibility index (Phi) is 4.51. The number of hydrogen-bond donors (Lipinski definition) is 0. The molecule has 0 unspecified atom stereocenters. The van der Waals surface area contributed by atoms with Gasteiger partial charge in [-0.15, -0.1) is 11.8 Å². The third-order valence-corrected chi connectivity index (χ3v) is 5.13. The summed E-state index contributed by atoms with van der Waals surface area (Å²) in [6.45, 7) is 9.63. The Morgan fingerprint density at radius 3 is 2.64 bits per heavy atom. The first-order valence-electron chi connectivity index (χ1n) is 8.11.